The average Bonchev–Trinajstić information content (AvgIpc) is 2.31. The van der Waals surface area contributed by atoms with Crippen LogP contribution in [0.3, 0.4) is 0 Å². The lowest BCUT2D eigenvalue weighted by atomic mass is 10.2. The Labute approximate surface area is 111 Å². The monoisotopic (exact) mass is 297 g/mol. The van der Waals surface area contributed by atoms with E-state index in [2.05, 4.69) is 14.5 Å². The summed E-state index contributed by atoms with van der Waals surface area (Å²) >= 11 is 0. The van der Waals surface area contributed by atoms with E-state index in [1.54, 1.807) is 6.92 Å². The Balaban J connectivity index is 3.08. The highest BCUT2D eigenvalue weighted by Crippen LogP contribution is 2.33. The Hall–Kier alpha value is -2.06. The third-order valence-electron chi connectivity index (χ3n) is 2.08. The molecule has 0 amide bonds. The number of ether oxygens (including phenoxy) is 2. The molecule has 1 aromatic heterocycles. The van der Waals surface area contributed by atoms with Crippen molar-refractivity contribution >= 4 is 5.97 Å². The highest BCUT2D eigenvalue weighted by Gasteiger charge is 2.34. The van der Waals surface area contributed by atoms with Crippen LogP contribution in [0.25, 0.3) is 0 Å². The van der Waals surface area contributed by atoms with E-state index in [0.717, 1.165) is 6.07 Å². The van der Waals surface area contributed by atoms with Gasteiger partial charge in [-0.3, -0.25) is 4.79 Å². The number of alkyl halides is 4. The Morgan fingerprint density at radius 2 is 2.10 bits per heavy atom. The van der Waals surface area contributed by atoms with Crippen LogP contribution in [0.2, 0.25) is 0 Å². The maximum atomic E-state index is 12.6. The number of carbonyl (C=O) groups excluding carboxylic acids is 1. The van der Waals surface area contributed by atoms with Crippen LogP contribution in [0.4, 0.5) is 17.6 Å². The number of pyridine rings is 1. The minimum atomic E-state index is -5.10. The number of hydrogen-bond acceptors (Lipinski definition) is 5. The van der Waals surface area contributed by atoms with Gasteiger partial charge in [-0.05, 0) is 13.0 Å². The van der Waals surface area contributed by atoms with Crippen molar-refractivity contribution in [3.05, 3.63) is 17.3 Å². The van der Waals surface area contributed by atoms with Crippen LogP contribution in [0.1, 0.15) is 18.2 Å². The van der Waals surface area contributed by atoms with Gasteiger partial charge in [-0.15, -0.1) is 13.2 Å². The third-order valence-corrected chi connectivity index (χ3v) is 2.08. The Morgan fingerprint density at radius 3 is 2.60 bits per heavy atom. The van der Waals surface area contributed by atoms with E-state index in [4.69, 9.17) is 0 Å². The van der Waals surface area contributed by atoms with Crippen LogP contribution in [0.15, 0.2) is 6.07 Å². The molecule has 0 fully saturated rings. The van der Waals surface area contributed by atoms with Crippen molar-refractivity contribution in [3.63, 3.8) is 0 Å². The molecule has 1 N–H and O–H groups in total. The van der Waals surface area contributed by atoms with Gasteiger partial charge < -0.3 is 14.6 Å². The quantitative estimate of drug-likeness (QED) is 0.667. The number of hydrogen-bond donors (Lipinski definition) is 1. The Kier molecular flexibility index (Phi) is 5.12. The van der Waals surface area contributed by atoms with E-state index in [1.165, 1.54) is 0 Å². The summed E-state index contributed by atoms with van der Waals surface area (Å²) in [7, 11) is 0. The zero-order chi connectivity index (χ0) is 15.3. The summed E-state index contributed by atoms with van der Waals surface area (Å²) < 4.78 is 57.0. The molecule has 0 spiro atoms. The molecule has 0 atom stereocenters. The first-order valence-corrected chi connectivity index (χ1v) is 5.46. The smallest absolute Gasteiger partial charge is 0.503 e. The Bertz CT molecular complexity index is 490. The topological polar surface area (TPSA) is 68.7 Å². The molecule has 9 heteroatoms. The van der Waals surface area contributed by atoms with Gasteiger partial charge in [-0.1, -0.05) is 0 Å². The largest absolute Gasteiger partial charge is 0.574 e. The van der Waals surface area contributed by atoms with Crippen LogP contribution in [0, 0.1) is 0 Å². The van der Waals surface area contributed by atoms with Gasteiger partial charge >= 0.3 is 12.3 Å². The predicted octanol–water partition coefficient (Wildman–Crippen LogP) is 2.26. The fourth-order valence-electron chi connectivity index (χ4n) is 1.36. The number of carbonyl (C=O) groups is 1. The number of halogens is 4. The number of esters is 1. The molecule has 0 aromatic carbocycles. The summed E-state index contributed by atoms with van der Waals surface area (Å²) in [6.45, 7) is 0.393. The summed E-state index contributed by atoms with van der Waals surface area (Å²) in [6, 6.07) is 0.968. The second-order valence-corrected chi connectivity index (χ2v) is 3.59. The molecule has 20 heavy (non-hydrogen) atoms. The molecule has 1 rings (SSSR count). The molecule has 1 heterocycles. The van der Waals surface area contributed by atoms with Crippen LogP contribution in [-0.4, -0.2) is 29.0 Å². The molecule has 0 saturated carbocycles. The van der Waals surface area contributed by atoms with Crippen LogP contribution in [0.5, 0.6) is 11.6 Å². The van der Waals surface area contributed by atoms with Crippen LogP contribution in [-0.2, 0) is 22.6 Å². The highest BCUT2D eigenvalue weighted by molar-refractivity contribution is 5.72. The van der Waals surface area contributed by atoms with E-state index < -0.39 is 42.6 Å². The molecule has 0 aliphatic carbocycles. The average molecular weight is 297 g/mol. The lowest BCUT2D eigenvalue weighted by molar-refractivity contribution is -0.276. The minimum absolute atomic E-state index is 0.0821. The minimum Gasteiger partial charge on any atom is -0.503 e. The Morgan fingerprint density at radius 1 is 1.45 bits per heavy atom. The SMILES string of the molecule is CCOC(=O)Cc1cc(CF)c(O)c(OC(F)(F)F)n1. The summed E-state index contributed by atoms with van der Waals surface area (Å²) in [5, 5.41) is 9.37. The molecule has 112 valence electrons. The van der Waals surface area contributed by atoms with Gasteiger partial charge in [0.05, 0.1) is 18.7 Å². The summed E-state index contributed by atoms with van der Waals surface area (Å²) in [5.74, 6) is -3.00. The number of aromatic hydroxyl groups is 1. The number of rotatable bonds is 5. The van der Waals surface area contributed by atoms with E-state index in [0.29, 0.717) is 0 Å². The first kappa shape index (κ1) is 16.0. The fourth-order valence-corrected chi connectivity index (χ4v) is 1.36. The van der Waals surface area contributed by atoms with Crippen molar-refractivity contribution in [3.8, 4) is 11.6 Å². The molecule has 0 bridgehead atoms. The molecular formula is C11H11F4NO4. The maximum Gasteiger partial charge on any atom is 0.574 e. The van der Waals surface area contributed by atoms with E-state index >= 15 is 0 Å². The standard InChI is InChI=1S/C11H11F4NO4/c1-2-19-8(17)4-7-3-6(5-12)9(18)10(16-7)20-11(13,14)15/h3,18H,2,4-5H2,1H3. The van der Waals surface area contributed by atoms with Crippen molar-refractivity contribution in [2.45, 2.75) is 26.4 Å². The van der Waals surface area contributed by atoms with Crippen molar-refractivity contribution in [2.75, 3.05) is 6.61 Å². The second kappa shape index (κ2) is 6.40. The van der Waals surface area contributed by atoms with Gasteiger partial charge in [0.2, 0.25) is 0 Å². The summed E-state index contributed by atoms with van der Waals surface area (Å²) in [6.07, 6.45) is -5.56. The second-order valence-electron chi connectivity index (χ2n) is 3.59. The summed E-state index contributed by atoms with van der Waals surface area (Å²) in [5.41, 5.74) is -0.660. The van der Waals surface area contributed by atoms with Gasteiger partial charge in [-0.2, -0.15) is 0 Å². The molecule has 0 unspecified atom stereocenters. The third kappa shape index (κ3) is 4.56. The first-order valence-electron chi connectivity index (χ1n) is 5.46. The summed E-state index contributed by atoms with van der Waals surface area (Å²) in [4.78, 5) is 14.5. The molecule has 0 aliphatic rings. The van der Waals surface area contributed by atoms with Crippen molar-refractivity contribution < 1.29 is 36.9 Å². The van der Waals surface area contributed by atoms with Crippen LogP contribution >= 0.6 is 0 Å². The lowest BCUT2D eigenvalue weighted by Crippen LogP contribution is -2.19. The zero-order valence-corrected chi connectivity index (χ0v) is 10.3. The highest BCUT2D eigenvalue weighted by atomic mass is 19.4. The molecule has 0 aliphatic heterocycles. The molecule has 5 nitrogen and oxygen atoms in total. The zero-order valence-electron chi connectivity index (χ0n) is 10.3. The van der Waals surface area contributed by atoms with Crippen molar-refractivity contribution in [2.24, 2.45) is 0 Å². The van der Waals surface area contributed by atoms with E-state index in [-0.39, 0.29) is 12.3 Å². The van der Waals surface area contributed by atoms with Gasteiger partial charge in [0.1, 0.15) is 6.67 Å². The van der Waals surface area contributed by atoms with Gasteiger partial charge in [0, 0.05) is 5.56 Å². The van der Waals surface area contributed by atoms with Gasteiger partial charge in [-0.25, -0.2) is 9.37 Å². The van der Waals surface area contributed by atoms with Gasteiger partial charge in [0.25, 0.3) is 5.88 Å². The maximum absolute atomic E-state index is 12.6. The molecule has 1 aromatic rings. The van der Waals surface area contributed by atoms with Crippen molar-refractivity contribution in [1.29, 1.82) is 0 Å². The first-order chi connectivity index (χ1) is 9.26. The van der Waals surface area contributed by atoms with Crippen molar-refractivity contribution in [1.82, 2.24) is 4.98 Å². The van der Waals surface area contributed by atoms with E-state index in [1.807, 2.05) is 0 Å². The number of aromatic nitrogens is 1. The predicted molar refractivity (Wildman–Crippen MR) is 57.7 cm³/mol. The lowest BCUT2D eigenvalue weighted by Gasteiger charge is -2.12. The van der Waals surface area contributed by atoms with Crippen LogP contribution < -0.4 is 4.74 Å². The molecule has 0 saturated heterocycles. The van der Waals surface area contributed by atoms with Gasteiger partial charge in [0.15, 0.2) is 5.75 Å². The molecular weight excluding hydrogens is 286 g/mol. The van der Waals surface area contributed by atoms with E-state index in [9.17, 15) is 27.5 Å². The fraction of sp³-hybridized carbons (Fsp3) is 0.455. The normalized spacial score (nSPS) is 11.2. The molecule has 0 radical (unpaired) electrons. The number of nitrogens with zero attached hydrogens (tertiary/aromatic N) is 1.